The molecule has 1 aromatic carbocycles. The van der Waals surface area contributed by atoms with E-state index >= 15 is 0 Å². The minimum Gasteiger partial charge on any atom is -0.338 e. The number of amides is 1. The molecule has 1 aliphatic heterocycles. The third-order valence-corrected chi connectivity index (χ3v) is 4.97. The molecular formula is C17H15F2IN2O. The van der Waals surface area contributed by atoms with Crippen LogP contribution in [0.3, 0.4) is 0 Å². The van der Waals surface area contributed by atoms with Crippen LogP contribution in [-0.2, 0) is 11.3 Å². The second-order valence-corrected chi connectivity index (χ2v) is 6.94. The van der Waals surface area contributed by atoms with Gasteiger partial charge in [0.2, 0.25) is 5.91 Å². The van der Waals surface area contributed by atoms with Crippen LogP contribution in [0.1, 0.15) is 29.0 Å². The molecule has 1 aliphatic rings. The van der Waals surface area contributed by atoms with Gasteiger partial charge in [-0.3, -0.25) is 9.78 Å². The Bertz CT molecular complexity index is 743. The van der Waals surface area contributed by atoms with Crippen molar-refractivity contribution in [2.24, 2.45) is 0 Å². The van der Waals surface area contributed by atoms with Crippen LogP contribution in [0, 0.1) is 22.1 Å². The first-order chi connectivity index (χ1) is 11.0. The number of pyridine rings is 1. The number of rotatable bonds is 3. The number of halogens is 3. The number of benzene rings is 1. The van der Waals surface area contributed by atoms with Crippen molar-refractivity contribution in [3.05, 3.63) is 62.5 Å². The van der Waals surface area contributed by atoms with Crippen molar-refractivity contribution < 1.29 is 13.6 Å². The van der Waals surface area contributed by atoms with E-state index in [1.807, 2.05) is 13.0 Å². The molecular weight excluding hydrogens is 413 g/mol. The average Bonchev–Trinajstić information content (AvgIpc) is 2.88. The van der Waals surface area contributed by atoms with Crippen LogP contribution in [-0.4, -0.2) is 22.3 Å². The molecule has 6 heteroatoms. The quantitative estimate of drug-likeness (QED) is 0.551. The van der Waals surface area contributed by atoms with Gasteiger partial charge in [-0.1, -0.05) is 0 Å². The normalized spacial score (nSPS) is 17.8. The summed E-state index contributed by atoms with van der Waals surface area (Å²) in [4.78, 5) is 18.1. The van der Waals surface area contributed by atoms with E-state index in [9.17, 15) is 13.6 Å². The zero-order valence-electron chi connectivity index (χ0n) is 12.5. The summed E-state index contributed by atoms with van der Waals surface area (Å²) in [5.41, 5.74) is 2.76. The summed E-state index contributed by atoms with van der Waals surface area (Å²) in [6, 6.07) is 4.73. The summed E-state index contributed by atoms with van der Waals surface area (Å²) in [6.07, 6.45) is 3.80. The predicted octanol–water partition coefficient (Wildman–Crippen LogP) is 3.79. The molecule has 3 nitrogen and oxygen atoms in total. The Morgan fingerprint density at radius 1 is 1.39 bits per heavy atom. The third-order valence-electron chi connectivity index (χ3n) is 4.19. The first-order valence-electron chi connectivity index (χ1n) is 7.27. The fraction of sp³-hybridized carbons (Fsp3) is 0.294. The molecule has 0 saturated carbocycles. The van der Waals surface area contributed by atoms with E-state index in [1.165, 1.54) is 6.07 Å². The van der Waals surface area contributed by atoms with E-state index in [0.717, 1.165) is 11.1 Å². The number of nitrogens with zero attached hydrogens (tertiary/aromatic N) is 2. The molecule has 1 unspecified atom stereocenters. The zero-order valence-corrected chi connectivity index (χ0v) is 14.7. The molecule has 1 atom stereocenters. The first-order valence-corrected chi connectivity index (χ1v) is 8.35. The molecule has 0 N–H and O–H groups in total. The average molecular weight is 428 g/mol. The van der Waals surface area contributed by atoms with E-state index in [4.69, 9.17) is 0 Å². The molecule has 1 aromatic heterocycles. The molecule has 1 amide bonds. The summed E-state index contributed by atoms with van der Waals surface area (Å²) < 4.78 is 27.3. The highest BCUT2D eigenvalue weighted by Gasteiger charge is 2.31. The van der Waals surface area contributed by atoms with Crippen LogP contribution in [0.15, 0.2) is 30.6 Å². The highest BCUT2D eigenvalue weighted by atomic mass is 127. The van der Waals surface area contributed by atoms with Gasteiger partial charge in [-0.2, -0.15) is 0 Å². The van der Waals surface area contributed by atoms with Crippen molar-refractivity contribution >= 4 is 28.5 Å². The number of aromatic nitrogens is 1. The fourth-order valence-corrected chi connectivity index (χ4v) is 3.46. The summed E-state index contributed by atoms with van der Waals surface area (Å²) in [6.45, 7) is 2.99. The summed E-state index contributed by atoms with van der Waals surface area (Å²) >= 11 is 1.78. The number of carbonyl (C=O) groups is 1. The van der Waals surface area contributed by atoms with Gasteiger partial charge in [0, 0.05) is 37.8 Å². The molecule has 2 heterocycles. The summed E-state index contributed by atoms with van der Waals surface area (Å²) in [7, 11) is 0. The molecule has 23 heavy (non-hydrogen) atoms. The van der Waals surface area contributed by atoms with Crippen molar-refractivity contribution in [3.63, 3.8) is 0 Å². The van der Waals surface area contributed by atoms with E-state index in [-0.39, 0.29) is 15.4 Å². The van der Waals surface area contributed by atoms with Gasteiger partial charge in [0.05, 0.1) is 3.57 Å². The fourth-order valence-electron chi connectivity index (χ4n) is 2.84. The Kier molecular flexibility index (Phi) is 4.61. The van der Waals surface area contributed by atoms with Gasteiger partial charge in [-0.25, -0.2) is 8.78 Å². The van der Waals surface area contributed by atoms with Crippen molar-refractivity contribution in [1.29, 1.82) is 0 Å². The van der Waals surface area contributed by atoms with E-state index in [2.05, 4.69) is 4.98 Å². The minimum absolute atomic E-state index is 0.0333. The minimum atomic E-state index is -0.859. The Morgan fingerprint density at radius 3 is 2.87 bits per heavy atom. The van der Waals surface area contributed by atoms with Crippen molar-refractivity contribution in [1.82, 2.24) is 9.88 Å². The Hall–Kier alpha value is -1.57. The number of likely N-dealkylation sites (tertiary alicyclic amines) is 1. The zero-order chi connectivity index (χ0) is 16.6. The van der Waals surface area contributed by atoms with Crippen molar-refractivity contribution in [2.45, 2.75) is 25.8 Å². The van der Waals surface area contributed by atoms with Gasteiger partial charge in [-0.15, -0.1) is 0 Å². The van der Waals surface area contributed by atoms with Gasteiger partial charge in [0.15, 0.2) is 11.6 Å². The number of aryl methyl sites for hydroxylation is 1. The van der Waals surface area contributed by atoms with Crippen molar-refractivity contribution in [3.8, 4) is 0 Å². The number of carbonyl (C=O) groups excluding carboxylic acids is 1. The van der Waals surface area contributed by atoms with Gasteiger partial charge in [0.25, 0.3) is 0 Å². The van der Waals surface area contributed by atoms with Crippen LogP contribution in [0.25, 0.3) is 0 Å². The van der Waals surface area contributed by atoms with E-state index in [1.54, 1.807) is 46.0 Å². The lowest BCUT2D eigenvalue weighted by Gasteiger charge is -2.18. The number of hydrogen-bond donors (Lipinski definition) is 0. The second kappa shape index (κ2) is 6.51. The SMILES string of the molecule is Cc1cnccc1CN1CC(c2cc(F)c(F)c(I)c2)CC1=O. The van der Waals surface area contributed by atoms with Gasteiger partial charge in [-0.05, 0) is 64.4 Å². The van der Waals surface area contributed by atoms with Crippen LogP contribution in [0.5, 0.6) is 0 Å². The van der Waals surface area contributed by atoms with Crippen LogP contribution < -0.4 is 0 Å². The Morgan fingerprint density at radius 2 is 2.17 bits per heavy atom. The van der Waals surface area contributed by atoms with E-state index < -0.39 is 11.6 Å². The highest BCUT2D eigenvalue weighted by molar-refractivity contribution is 14.1. The second-order valence-electron chi connectivity index (χ2n) is 5.78. The molecule has 0 bridgehead atoms. The molecule has 0 spiro atoms. The maximum atomic E-state index is 13.6. The monoisotopic (exact) mass is 428 g/mol. The Labute approximate surface area is 146 Å². The third kappa shape index (κ3) is 3.36. The molecule has 0 radical (unpaired) electrons. The van der Waals surface area contributed by atoms with E-state index in [0.29, 0.717) is 25.1 Å². The van der Waals surface area contributed by atoms with Crippen LogP contribution in [0.2, 0.25) is 0 Å². The number of hydrogen-bond acceptors (Lipinski definition) is 2. The highest BCUT2D eigenvalue weighted by Crippen LogP contribution is 2.31. The lowest BCUT2D eigenvalue weighted by atomic mass is 9.98. The first kappa shape index (κ1) is 16.3. The molecule has 1 fully saturated rings. The molecule has 0 aliphatic carbocycles. The van der Waals surface area contributed by atoms with Gasteiger partial charge in [0.1, 0.15) is 0 Å². The Balaban J connectivity index is 1.79. The standard InChI is InChI=1S/C17H15F2IN2O/c1-10-7-21-3-2-11(10)8-22-9-13(6-16(22)23)12-4-14(18)17(19)15(20)5-12/h2-5,7,13H,6,8-9H2,1H3. The lowest BCUT2D eigenvalue weighted by Crippen LogP contribution is -2.24. The summed E-state index contributed by atoms with van der Waals surface area (Å²) in [5, 5.41) is 0. The molecule has 2 aromatic rings. The largest absolute Gasteiger partial charge is 0.338 e. The molecule has 3 rings (SSSR count). The van der Waals surface area contributed by atoms with Gasteiger partial charge < -0.3 is 4.90 Å². The molecule has 120 valence electrons. The lowest BCUT2D eigenvalue weighted by molar-refractivity contribution is -0.128. The maximum absolute atomic E-state index is 13.6. The molecule has 1 saturated heterocycles. The summed E-state index contributed by atoms with van der Waals surface area (Å²) in [5.74, 6) is -1.76. The van der Waals surface area contributed by atoms with Crippen LogP contribution >= 0.6 is 22.6 Å². The van der Waals surface area contributed by atoms with Crippen LogP contribution in [0.4, 0.5) is 8.78 Å². The topological polar surface area (TPSA) is 33.2 Å². The van der Waals surface area contributed by atoms with Gasteiger partial charge >= 0.3 is 0 Å². The van der Waals surface area contributed by atoms with Crippen molar-refractivity contribution in [2.75, 3.05) is 6.54 Å². The maximum Gasteiger partial charge on any atom is 0.223 e. The predicted molar refractivity (Wildman–Crippen MR) is 90.8 cm³/mol. The smallest absolute Gasteiger partial charge is 0.223 e.